The van der Waals surface area contributed by atoms with Gasteiger partial charge in [-0.2, -0.15) is 0 Å². The predicted octanol–water partition coefficient (Wildman–Crippen LogP) is 3.11. The number of nitrogens with zero attached hydrogens (tertiary/aromatic N) is 4. The maximum absolute atomic E-state index is 13.1. The van der Waals surface area contributed by atoms with Crippen LogP contribution in [0, 0.1) is 5.92 Å². The normalized spacial score (nSPS) is 22.4. The van der Waals surface area contributed by atoms with E-state index in [0.717, 1.165) is 42.8 Å². The summed E-state index contributed by atoms with van der Waals surface area (Å²) in [7, 11) is 1.91. The number of piperidine rings is 2. The first-order valence-electron chi connectivity index (χ1n) is 11.2. The Morgan fingerprint density at radius 2 is 1.97 bits per heavy atom. The molecule has 0 bridgehead atoms. The SMILES string of the molecule is CC(C)N1CCC(N2CCC[C@@H](C(=O)N(C)Cc3nc4ccccc4[nH]3)C2)CC1. The van der Waals surface area contributed by atoms with Gasteiger partial charge in [0.15, 0.2) is 0 Å². The number of aromatic nitrogens is 2. The van der Waals surface area contributed by atoms with Crippen LogP contribution in [-0.2, 0) is 11.3 Å². The molecule has 6 heteroatoms. The fourth-order valence-corrected chi connectivity index (χ4v) is 5.00. The van der Waals surface area contributed by atoms with Crippen LogP contribution in [0.2, 0.25) is 0 Å². The van der Waals surface area contributed by atoms with Gasteiger partial charge >= 0.3 is 0 Å². The van der Waals surface area contributed by atoms with E-state index < -0.39 is 0 Å². The van der Waals surface area contributed by atoms with Crippen molar-refractivity contribution in [3.8, 4) is 0 Å². The molecule has 0 radical (unpaired) electrons. The minimum Gasteiger partial charge on any atom is -0.340 e. The zero-order valence-electron chi connectivity index (χ0n) is 18.1. The molecule has 1 aromatic heterocycles. The summed E-state index contributed by atoms with van der Waals surface area (Å²) in [6.07, 6.45) is 4.59. The number of fused-ring (bicyclic) bond motifs is 1. The molecule has 1 atom stereocenters. The van der Waals surface area contributed by atoms with Gasteiger partial charge in [-0.15, -0.1) is 0 Å². The number of amides is 1. The number of carbonyl (C=O) groups excluding carboxylic acids is 1. The molecule has 3 heterocycles. The number of likely N-dealkylation sites (tertiary alicyclic amines) is 2. The quantitative estimate of drug-likeness (QED) is 0.842. The molecule has 2 aromatic rings. The number of carbonyl (C=O) groups is 1. The van der Waals surface area contributed by atoms with Gasteiger partial charge in [0.25, 0.3) is 0 Å². The number of aromatic amines is 1. The van der Waals surface area contributed by atoms with Gasteiger partial charge in [0.2, 0.25) is 5.91 Å². The van der Waals surface area contributed by atoms with Crippen molar-refractivity contribution < 1.29 is 4.79 Å². The van der Waals surface area contributed by atoms with E-state index in [9.17, 15) is 4.79 Å². The molecule has 0 spiro atoms. The van der Waals surface area contributed by atoms with Crippen molar-refractivity contribution >= 4 is 16.9 Å². The molecule has 6 nitrogen and oxygen atoms in total. The van der Waals surface area contributed by atoms with Crippen LogP contribution < -0.4 is 0 Å². The number of rotatable bonds is 5. The lowest BCUT2D eigenvalue weighted by Gasteiger charge is -2.43. The van der Waals surface area contributed by atoms with Gasteiger partial charge in [0.05, 0.1) is 23.5 Å². The molecule has 4 rings (SSSR count). The summed E-state index contributed by atoms with van der Waals surface area (Å²) >= 11 is 0. The molecule has 1 N–H and O–H groups in total. The molecule has 0 saturated carbocycles. The number of imidazole rings is 1. The third kappa shape index (κ3) is 4.64. The Bertz CT molecular complexity index is 791. The van der Waals surface area contributed by atoms with Gasteiger partial charge < -0.3 is 14.8 Å². The van der Waals surface area contributed by atoms with Crippen LogP contribution >= 0.6 is 0 Å². The molecular weight excluding hydrogens is 362 g/mol. The monoisotopic (exact) mass is 397 g/mol. The Kier molecular flexibility index (Phi) is 6.20. The smallest absolute Gasteiger partial charge is 0.227 e. The second kappa shape index (κ2) is 8.84. The van der Waals surface area contributed by atoms with E-state index in [1.165, 1.54) is 25.9 Å². The topological polar surface area (TPSA) is 55.5 Å². The Labute approximate surface area is 174 Å². The Morgan fingerprint density at radius 1 is 1.21 bits per heavy atom. The lowest BCUT2D eigenvalue weighted by Crippen LogP contribution is -2.51. The van der Waals surface area contributed by atoms with Crippen molar-refractivity contribution in [3.05, 3.63) is 30.1 Å². The van der Waals surface area contributed by atoms with E-state index in [1.807, 2.05) is 36.2 Å². The molecule has 158 valence electrons. The van der Waals surface area contributed by atoms with Crippen LogP contribution in [0.5, 0.6) is 0 Å². The number of nitrogens with one attached hydrogen (secondary N) is 1. The van der Waals surface area contributed by atoms with E-state index in [0.29, 0.717) is 18.6 Å². The number of hydrogen-bond acceptors (Lipinski definition) is 4. The van der Waals surface area contributed by atoms with Gasteiger partial charge in [0.1, 0.15) is 5.82 Å². The van der Waals surface area contributed by atoms with Gasteiger partial charge in [0, 0.05) is 25.7 Å². The van der Waals surface area contributed by atoms with Crippen molar-refractivity contribution in [2.24, 2.45) is 5.92 Å². The van der Waals surface area contributed by atoms with Crippen molar-refractivity contribution in [2.75, 3.05) is 33.2 Å². The summed E-state index contributed by atoms with van der Waals surface area (Å²) in [5, 5.41) is 0. The number of hydrogen-bond donors (Lipinski definition) is 1. The van der Waals surface area contributed by atoms with Crippen molar-refractivity contribution in [1.82, 2.24) is 24.7 Å². The molecule has 0 unspecified atom stereocenters. The summed E-state index contributed by atoms with van der Waals surface area (Å²) in [4.78, 5) is 28.1. The summed E-state index contributed by atoms with van der Waals surface area (Å²) in [6, 6.07) is 9.29. The highest BCUT2D eigenvalue weighted by Crippen LogP contribution is 2.26. The molecule has 2 saturated heterocycles. The van der Waals surface area contributed by atoms with Crippen molar-refractivity contribution in [1.29, 1.82) is 0 Å². The van der Waals surface area contributed by atoms with Crippen LogP contribution in [0.1, 0.15) is 45.4 Å². The average Bonchev–Trinajstić information content (AvgIpc) is 3.15. The molecule has 2 aliphatic rings. The predicted molar refractivity (Wildman–Crippen MR) is 117 cm³/mol. The maximum Gasteiger partial charge on any atom is 0.227 e. The molecule has 0 aliphatic carbocycles. The molecule has 2 aliphatic heterocycles. The minimum absolute atomic E-state index is 0.112. The maximum atomic E-state index is 13.1. The lowest BCUT2D eigenvalue weighted by atomic mass is 9.92. The van der Waals surface area contributed by atoms with Gasteiger partial charge in [-0.25, -0.2) is 4.98 Å². The lowest BCUT2D eigenvalue weighted by molar-refractivity contribution is -0.137. The van der Waals surface area contributed by atoms with Crippen LogP contribution in [0.25, 0.3) is 11.0 Å². The van der Waals surface area contributed by atoms with E-state index in [2.05, 4.69) is 33.6 Å². The minimum atomic E-state index is 0.112. The zero-order valence-corrected chi connectivity index (χ0v) is 18.1. The Morgan fingerprint density at radius 3 is 2.69 bits per heavy atom. The second-order valence-corrected chi connectivity index (χ2v) is 9.09. The summed E-state index contributed by atoms with van der Waals surface area (Å²) < 4.78 is 0. The van der Waals surface area contributed by atoms with Crippen LogP contribution in [0.15, 0.2) is 24.3 Å². The summed E-state index contributed by atoms with van der Waals surface area (Å²) in [5.74, 6) is 1.23. The van der Waals surface area contributed by atoms with Gasteiger partial charge in [-0.05, 0) is 71.3 Å². The van der Waals surface area contributed by atoms with Gasteiger partial charge in [-0.3, -0.25) is 9.69 Å². The summed E-state index contributed by atoms with van der Waals surface area (Å²) in [5.41, 5.74) is 1.99. The zero-order chi connectivity index (χ0) is 20.4. The van der Waals surface area contributed by atoms with Crippen molar-refractivity contribution in [2.45, 2.75) is 58.2 Å². The van der Waals surface area contributed by atoms with E-state index >= 15 is 0 Å². The van der Waals surface area contributed by atoms with Crippen LogP contribution in [0.4, 0.5) is 0 Å². The highest BCUT2D eigenvalue weighted by Gasteiger charge is 2.33. The van der Waals surface area contributed by atoms with E-state index in [-0.39, 0.29) is 11.8 Å². The Balaban J connectivity index is 1.33. The van der Waals surface area contributed by atoms with E-state index in [4.69, 9.17) is 0 Å². The van der Waals surface area contributed by atoms with Crippen LogP contribution in [0.3, 0.4) is 0 Å². The van der Waals surface area contributed by atoms with Gasteiger partial charge in [-0.1, -0.05) is 12.1 Å². The third-order valence-corrected chi connectivity index (χ3v) is 6.75. The molecule has 2 fully saturated rings. The summed E-state index contributed by atoms with van der Waals surface area (Å²) in [6.45, 7) is 9.53. The first-order chi connectivity index (χ1) is 14.0. The number of benzene rings is 1. The fraction of sp³-hybridized carbons (Fsp3) is 0.652. The fourth-order valence-electron chi connectivity index (χ4n) is 5.00. The first kappa shape index (κ1) is 20.4. The molecule has 1 aromatic carbocycles. The first-order valence-corrected chi connectivity index (χ1v) is 11.2. The third-order valence-electron chi connectivity index (χ3n) is 6.75. The number of para-hydroxylation sites is 2. The van der Waals surface area contributed by atoms with Crippen molar-refractivity contribution in [3.63, 3.8) is 0 Å². The Hall–Kier alpha value is -1.92. The largest absolute Gasteiger partial charge is 0.340 e. The second-order valence-electron chi connectivity index (χ2n) is 9.09. The standard InChI is InChI=1S/C23H35N5O/c1-17(2)27-13-10-19(11-14-27)28-12-6-7-18(15-28)23(29)26(3)16-22-24-20-8-4-5-9-21(20)25-22/h4-5,8-9,17-19H,6-7,10-16H2,1-3H3,(H,24,25)/t18-/m1/s1. The molecule has 1 amide bonds. The highest BCUT2D eigenvalue weighted by atomic mass is 16.2. The van der Waals surface area contributed by atoms with Crippen LogP contribution in [-0.4, -0.2) is 75.9 Å². The average molecular weight is 398 g/mol. The molecule has 29 heavy (non-hydrogen) atoms. The number of H-pyrrole nitrogens is 1. The van der Waals surface area contributed by atoms with E-state index in [1.54, 1.807) is 0 Å². The molecular formula is C23H35N5O. The highest BCUT2D eigenvalue weighted by molar-refractivity contribution is 5.79.